The molecule has 0 aliphatic carbocycles. The van der Waals surface area contributed by atoms with Crippen molar-refractivity contribution in [3.8, 4) is 0 Å². The van der Waals surface area contributed by atoms with E-state index in [0.717, 1.165) is 31.8 Å². The lowest BCUT2D eigenvalue weighted by molar-refractivity contribution is -0.165. The predicted molar refractivity (Wildman–Crippen MR) is 79.9 cm³/mol. The van der Waals surface area contributed by atoms with Gasteiger partial charge < -0.3 is 19.9 Å². The Bertz CT molecular complexity index is 456. The average Bonchev–Trinajstić information content (AvgIpc) is 2.91. The van der Waals surface area contributed by atoms with Crippen LogP contribution in [0, 0.1) is 0 Å². The Morgan fingerprint density at radius 3 is 2.86 bits per heavy atom. The normalized spacial score (nSPS) is 34.2. The van der Waals surface area contributed by atoms with E-state index in [4.69, 9.17) is 19.9 Å². The van der Waals surface area contributed by atoms with Crippen LogP contribution in [-0.4, -0.2) is 56.5 Å². The van der Waals surface area contributed by atoms with Crippen LogP contribution in [0.4, 0.5) is 0 Å². The largest absolute Gasteiger partial charge is 0.374 e. The molecule has 1 aromatic carbocycles. The lowest BCUT2D eigenvalue weighted by Gasteiger charge is -2.33. The Morgan fingerprint density at radius 1 is 1.29 bits per heavy atom. The fraction of sp³-hybridized carbons (Fsp3) is 0.625. The van der Waals surface area contributed by atoms with E-state index < -0.39 is 5.79 Å². The molecule has 5 nitrogen and oxygen atoms in total. The molecule has 0 aromatic heterocycles. The molecule has 0 spiro atoms. The van der Waals surface area contributed by atoms with Crippen LogP contribution in [0.3, 0.4) is 0 Å². The molecule has 3 atom stereocenters. The molecule has 3 rings (SSSR count). The first-order chi connectivity index (χ1) is 10.2. The van der Waals surface area contributed by atoms with E-state index in [2.05, 4.69) is 4.90 Å². The van der Waals surface area contributed by atoms with Crippen molar-refractivity contribution in [2.45, 2.75) is 24.9 Å². The van der Waals surface area contributed by atoms with Gasteiger partial charge in [0.25, 0.3) is 0 Å². The number of morpholine rings is 1. The van der Waals surface area contributed by atoms with Crippen molar-refractivity contribution in [3.63, 3.8) is 0 Å². The predicted octanol–water partition coefficient (Wildman–Crippen LogP) is 0.934. The third-order valence-corrected chi connectivity index (χ3v) is 4.18. The van der Waals surface area contributed by atoms with Gasteiger partial charge in [0.15, 0.2) is 5.79 Å². The summed E-state index contributed by atoms with van der Waals surface area (Å²) in [6.45, 7) is 6.59. The summed E-state index contributed by atoms with van der Waals surface area (Å²) in [5, 5.41) is 0. The SMILES string of the molecule is CC1(c2ccccc2)OCC(CN2CCOC(CN)C2)O1. The van der Waals surface area contributed by atoms with Gasteiger partial charge >= 0.3 is 0 Å². The second kappa shape index (κ2) is 6.42. The van der Waals surface area contributed by atoms with Crippen LogP contribution in [-0.2, 0) is 20.0 Å². The molecule has 0 saturated carbocycles. The van der Waals surface area contributed by atoms with Gasteiger partial charge in [-0.3, -0.25) is 4.90 Å². The van der Waals surface area contributed by atoms with E-state index in [0.29, 0.717) is 13.2 Å². The molecule has 116 valence electrons. The van der Waals surface area contributed by atoms with Gasteiger partial charge in [-0.25, -0.2) is 0 Å². The molecule has 2 aliphatic rings. The molecular weight excluding hydrogens is 268 g/mol. The van der Waals surface area contributed by atoms with E-state index in [1.165, 1.54) is 0 Å². The standard InChI is InChI=1S/C16H24N2O3/c1-16(13-5-3-2-4-6-13)20-12-15(21-16)11-18-7-8-19-14(9-17)10-18/h2-6,14-15H,7-12,17H2,1H3. The summed E-state index contributed by atoms with van der Waals surface area (Å²) in [6, 6.07) is 10.1. The molecule has 2 saturated heterocycles. The van der Waals surface area contributed by atoms with E-state index >= 15 is 0 Å². The van der Waals surface area contributed by atoms with E-state index in [9.17, 15) is 0 Å². The Balaban J connectivity index is 1.57. The number of nitrogens with zero attached hydrogens (tertiary/aromatic N) is 1. The highest BCUT2D eigenvalue weighted by atomic mass is 16.7. The van der Waals surface area contributed by atoms with Crippen molar-refractivity contribution < 1.29 is 14.2 Å². The summed E-state index contributed by atoms with van der Waals surface area (Å²) in [4.78, 5) is 2.35. The van der Waals surface area contributed by atoms with Crippen LogP contribution >= 0.6 is 0 Å². The fourth-order valence-corrected chi connectivity index (χ4v) is 3.00. The van der Waals surface area contributed by atoms with E-state index in [1.54, 1.807) is 0 Å². The van der Waals surface area contributed by atoms with Gasteiger partial charge in [-0.05, 0) is 6.92 Å². The molecule has 2 fully saturated rings. The molecule has 2 heterocycles. The van der Waals surface area contributed by atoms with Gasteiger partial charge in [-0.2, -0.15) is 0 Å². The van der Waals surface area contributed by atoms with Gasteiger partial charge in [-0.1, -0.05) is 30.3 Å². The number of nitrogens with two attached hydrogens (primary N) is 1. The van der Waals surface area contributed by atoms with Crippen molar-refractivity contribution >= 4 is 0 Å². The smallest absolute Gasteiger partial charge is 0.192 e. The zero-order valence-electron chi connectivity index (χ0n) is 12.5. The third-order valence-electron chi connectivity index (χ3n) is 4.18. The monoisotopic (exact) mass is 292 g/mol. The quantitative estimate of drug-likeness (QED) is 0.895. The summed E-state index contributed by atoms with van der Waals surface area (Å²) in [5.41, 5.74) is 6.75. The molecule has 2 aliphatic heterocycles. The van der Waals surface area contributed by atoms with Crippen molar-refractivity contribution in [2.24, 2.45) is 5.73 Å². The maximum Gasteiger partial charge on any atom is 0.192 e. The van der Waals surface area contributed by atoms with Gasteiger partial charge in [-0.15, -0.1) is 0 Å². The van der Waals surface area contributed by atoms with Crippen LogP contribution < -0.4 is 5.73 Å². The summed E-state index contributed by atoms with van der Waals surface area (Å²) in [5.74, 6) is -0.633. The highest BCUT2D eigenvalue weighted by Crippen LogP contribution is 2.33. The molecule has 0 bridgehead atoms. The summed E-state index contributed by atoms with van der Waals surface area (Å²) >= 11 is 0. The first-order valence-corrected chi connectivity index (χ1v) is 7.61. The van der Waals surface area contributed by atoms with Crippen molar-refractivity contribution in [1.82, 2.24) is 4.90 Å². The number of ether oxygens (including phenoxy) is 3. The molecule has 5 heteroatoms. The van der Waals surface area contributed by atoms with Crippen LogP contribution in [0.5, 0.6) is 0 Å². The minimum absolute atomic E-state index is 0.0896. The first kappa shape index (κ1) is 14.9. The van der Waals surface area contributed by atoms with Crippen LogP contribution in [0.15, 0.2) is 30.3 Å². The zero-order valence-corrected chi connectivity index (χ0v) is 12.5. The number of hydrogen-bond donors (Lipinski definition) is 1. The molecular formula is C16H24N2O3. The minimum atomic E-state index is -0.633. The lowest BCUT2D eigenvalue weighted by atomic mass is 10.1. The second-order valence-electron chi connectivity index (χ2n) is 5.85. The maximum absolute atomic E-state index is 6.17. The summed E-state index contributed by atoms with van der Waals surface area (Å²) < 4.78 is 17.7. The summed E-state index contributed by atoms with van der Waals surface area (Å²) in [7, 11) is 0. The minimum Gasteiger partial charge on any atom is -0.374 e. The van der Waals surface area contributed by atoms with Gasteiger partial charge in [0.05, 0.1) is 25.4 Å². The fourth-order valence-electron chi connectivity index (χ4n) is 3.00. The van der Waals surface area contributed by atoms with Crippen LogP contribution in [0.1, 0.15) is 12.5 Å². The van der Waals surface area contributed by atoms with Crippen molar-refractivity contribution in [2.75, 3.05) is 39.4 Å². The van der Waals surface area contributed by atoms with Gasteiger partial charge in [0, 0.05) is 31.7 Å². The number of rotatable bonds is 4. The van der Waals surface area contributed by atoms with Gasteiger partial charge in [0.1, 0.15) is 0 Å². The molecule has 0 radical (unpaired) electrons. The number of hydrogen-bond acceptors (Lipinski definition) is 5. The highest BCUT2D eigenvalue weighted by Gasteiger charge is 2.39. The summed E-state index contributed by atoms with van der Waals surface area (Å²) in [6.07, 6.45) is 0.230. The topological polar surface area (TPSA) is 57.0 Å². The van der Waals surface area contributed by atoms with Crippen molar-refractivity contribution in [3.05, 3.63) is 35.9 Å². The molecule has 3 unspecified atom stereocenters. The number of benzene rings is 1. The average molecular weight is 292 g/mol. The van der Waals surface area contributed by atoms with Gasteiger partial charge in [0.2, 0.25) is 0 Å². The van der Waals surface area contributed by atoms with Crippen LogP contribution in [0.2, 0.25) is 0 Å². The van der Waals surface area contributed by atoms with E-state index in [-0.39, 0.29) is 12.2 Å². The van der Waals surface area contributed by atoms with E-state index in [1.807, 2.05) is 37.3 Å². The lowest BCUT2D eigenvalue weighted by Crippen LogP contribution is -2.48. The Labute approximate surface area is 126 Å². The molecule has 2 N–H and O–H groups in total. The molecule has 0 amide bonds. The van der Waals surface area contributed by atoms with Crippen molar-refractivity contribution in [1.29, 1.82) is 0 Å². The second-order valence-corrected chi connectivity index (χ2v) is 5.85. The molecule has 21 heavy (non-hydrogen) atoms. The highest BCUT2D eigenvalue weighted by molar-refractivity contribution is 5.20. The van der Waals surface area contributed by atoms with Crippen LogP contribution in [0.25, 0.3) is 0 Å². The molecule has 1 aromatic rings. The third kappa shape index (κ3) is 3.44. The Kier molecular flexibility index (Phi) is 4.57. The Morgan fingerprint density at radius 2 is 2.10 bits per heavy atom. The maximum atomic E-state index is 6.17. The zero-order chi connectivity index (χ0) is 14.7. The Hall–Kier alpha value is -0.980. The first-order valence-electron chi connectivity index (χ1n) is 7.61.